The zero-order chi connectivity index (χ0) is 11.4. The lowest BCUT2D eigenvalue weighted by atomic mass is 10.1. The highest BCUT2D eigenvalue weighted by Gasteiger charge is 2.16. The normalized spacial score (nSPS) is 9.47. The van der Waals surface area contributed by atoms with Crippen molar-refractivity contribution in [3.63, 3.8) is 0 Å². The van der Waals surface area contributed by atoms with Crippen LogP contribution in [0, 0.1) is 0 Å². The molecule has 0 saturated carbocycles. The predicted molar refractivity (Wildman–Crippen MR) is 59.3 cm³/mol. The van der Waals surface area contributed by atoms with Gasteiger partial charge in [-0.15, -0.1) is 0 Å². The van der Waals surface area contributed by atoms with Crippen LogP contribution in [0.3, 0.4) is 0 Å². The lowest BCUT2D eigenvalue weighted by molar-refractivity contribution is -0.125. The van der Waals surface area contributed by atoms with E-state index in [1.807, 2.05) is 6.07 Å². The Balaban J connectivity index is 3.11. The van der Waals surface area contributed by atoms with Crippen molar-refractivity contribution in [2.45, 2.75) is 6.92 Å². The van der Waals surface area contributed by atoms with Crippen LogP contribution in [0.5, 0.6) is 0 Å². The van der Waals surface area contributed by atoms with E-state index in [0.717, 1.165) is 10.5 Å². The van der Waals surface area contributed by atoms with E-state index < -0.39 is 0 Å². The second kappa shape index (κ2) is 4.55. The number of hydrogen-bond donors (Lipinski definition) is 0. The first-order valence-corrected chi connectivity index (χ1v) is 4.58. The summed E-state index contributed by atoms with van der Waals surface area (Å²) in [4.78, 5) is 23.9. The van der Waals surface area contributed by atoms with Crippen molar-refractivity contribution in [2.75, 3.05) is 7.05 Å². The number of carbonyl (C=O) groups is 2. The Kier molecular flexibility index (Phi) is 3.39. The van der Waals surface area contributed by atoms with Gasteiger partial charge in [0.1, 0.15) is 0 Å². The Hall–Kier alpha value is -1.90. The zero-order valence-electron chi connectivity index (χ0n) is 8.86. The number of hydrogen-bond acceptors (Lipinski definition) is 2. The van der Waals surface area contributed by atoms with Gasteiger partial charge in [-0.05, 0) is 11.6 Å². The fourth-order valence-corrected chi connectivity index (χ4v) is 1.19. The quantitative estimate of drug-likeness (QED) is 0.736. The first-order chi connectivity index (χ1) is 7.07. The lowest BCUT2D eigenvalue weighted by Crippen LogP contribution is -2.31. The Morgan fingerprint density at radius 1 is 1.33 bits per heavy atom. The van der Waals surface area contributed by atoms with Crippen LogP contribution in [0.25, 0.3) is 6.08 Å². The standard InChI is InChI=1S/C12H13NO2/c1-4-10-7-5-6-8-11(10)12(15)13(3)9(2)14/h4-8H,1H2,2-3H3. The van der Waals surface area contributed by atoms with Crippen LogP contribution >= 0.6 is 0 Å². The van der Waals surface area contributed by atoms with Crippen LogP contribution in [0.2, 0.25) is 0 Å². The molecular formula is C12H13NO2. The molecule has 3 nitrogen and oxygen atoms in total. The smallest absolute Gasteiger partial charge is 0.260 e. The summed E-state index contributed by atoms with van der Waals surface area (Å²) < 4.78 is 0. The van der Waals surface area contributed by atoms with Crippen molar-refractivity contribution < 1.29 is 9.59 Å². The summed E-state index contributed by atoms with van der Waals surface area (Å²) in [6.07, 6.45) is 1.60. The largest absolute Gasteiger partial charge is 0.282 e. The van der Waals surface area contributed by atoms with E-state index in [4.69, 9.17) is 0 Å². The van der Waals surface area contributed by atoms with Gasteiger partial charge >= 0.3 is 0 Å². The van der Waals surface area contributed by atoms with Gasteiger partial charge in [0.15, 0.2) is 0 Å². The molecule has 1 rings (SSSR count). The molecule has 15 heavy (non-hydrogen) atoms. The van der Waals surface area contributed by atoms with Crippen LogP contribution in [-0.4, -0.2) is 23.8 Å². The van der Waals surface area contributed by atoms with E-state index in [0.29, 0.717) is 5.56 Å². The molecule has 0 spiro atoms. The molecule has 1 aromatic rings. The van der Waals surface area contributed by atoms with Gasteiger partial charge in [-0.25, -0.2) is 0 Å². The van der Waals surface area contributed by atoms with E-state index in [1.165, 1.54) is 14.0 Å². The first kappa shape index (κ1) is 11.2. The average molecular weight is 203 g/mol. The second-order valence-corrected chi connectivity index (χ2v) is 3.17. The van der Waals surface area contributed by atoms with Gasteiger partial charge in [-0.2, -0.15) is 0 Å². The second-order valence-electron chi connectivity index (χ2n) is 3.17. The Labute approximate surface area is 89.0 Å². The fraction of sp³-hybridized carbons (Fsp3) is 0.167. The minimum atomic E-state index is -0.307. The van der Waals surface area contributed by atoms with Crippen molar-refractivity contribution in [1.29, 1.82) is 0 Å². The summed E-state index contributed by atoms with van der Waals surface area (Å²) in [6.45, 7) is 4.98. The van der Waals surface area contributed by atoms with Crippen molar-refractivity contribution in [1.82, 2.24) is 4.90 Å². The molecule has 1 aromatic carbocycles. The topological polar surface area (TPSA) is 37.4 Å². The number of amides is 2. The summed E-state index contributed by atoms with van der Waals surface area (Å²) in [5.41, 5.74) is 1.22. The molecule has 78 valence electrons. The fourth-order valence-electron chi connectivity index (χ4n) is 1.19. The van der Waals surface area contributed by atoms with E-state index in [9.17, 15) is 9.59 Å². The molecule has 0 aliphatic carbocycles. The molecular weight excluding hydrogens is 190 g/mol. The van der Waals surface area contributed by atoms with Gasteiger partial charge in [0.05, 0.1) is 0 Å². The minimum absolute atomic E-state index is 0.279. The Morgan fingerprint density at radius 2 is 1.93 bits per heavy atom. The average Bonchev–Trinajstić information content (AvgIpc) is 2.26. The van der Waals surface area contributed by atoms with Crippen molar-refractivity contribution in [3.05, 3.63) is 42.0 Å². The third-order valence-electron chi connectivity index (χ3n) is 2.19. The van der Waals surface area contributed by atoms with E-state index in [1.54, 1.807) is 24.3 Å². The van der Waals surface area contributed by atoms with Crippen LogP contribution in [-0.2, 0) is 4.79 Å². The molecule has 0 fully saturated rings. The van der Waals surface area contributed by atoms with Crippen molar-refractivity contribution in [3.8, 4) is 0 Å². The lowest BCUT2D eigenvalue weighted by Gasteiger charge is -2.14. The van der Waals surface area contributed by atoms with E-state index in [-0.39, 0.29) is 11.8 Å². The van der Waals surface area contributed by atoms with E-state index in [2.05, 4.69) is 6.58 Å². The Morgan fingerprint density at radius 3 is 2.47 bits per heavy atom. The monoisotopic (exact) mass is 203 g/mol. The van der Waals surface area contributed by atoms with Gasteiger partial charge in [-0.1, -0.05) is 30.9 Å². The summed E-state index contributed by atoms with van der Waals surface area (Å²) in [6, 6.07) is 7.04. The molecule has 0 heterocycles. The SMILES string of the molecule is C=Cc1ccccc1C(=O)N(C)C(C)=O. The molecule has 0 unspecified atom stereocenters. The van der Waals surface area contributed by atoms with Crippen LogP contribution in [0.4, 0.5) is 0 Å². The summed E-state index contributed by atoms with van der Waals surface area (Å²) in [5, 5.41) is 0. The zero-order valence-corrected chi connectivity index (χ0v) is 8.86. The number of rotatable bonds is 2. The molecule has 0 atom stereocenters. The molecule has 0 N–H and O–H groups in total. The van der Waals surface area contributed by atoms with Gasteiger partial charge in [0, 0.05) is 19.5 Å². The predicted octanol–water partition coefficient (Wildman–Crippen LogP) is 1.95. The third kappa shape index (κ3) is 2.31. The minimum Gasteiger partial charge on any atom is -0.282 e. The van der Waals surface area contributed by atoms with Crippen LogP contribution < -0.4 is 0 Å². The number of nitrogens with zero attached hydrogens (tertiary/aromatic N) is 1. The highest BCUT2D eigenvalue weighted by molar-refractivity contribution is 6.05. The van der Waals surface area contributed by atoms with Gasteiger partial charge in [-0.3, -0.25) is 14.5 Å². The Bertz CT molecular complexity index is 410. The number of benzene rings is 1. The summed E-state index contributed by atoms with van der Waals surface area (Å²) >= 11 is 0. The van der Waals surface area contributed by atoms with E-state index >= 15 is 0 Å². The molecule has 0 saturated heterocycles. The molecule has 2 amide bonds. The van der Waals surface area contributed by atoms with Crippen molar-refractivity contribution in [2.24, 2.45) is 0 Å². The number of imide groups is 1. The molecule has 0 aromatic heterocycles. The number of carbonyl (C=O) groups excluding carboxylic acids is 2. The molecule has 3 heteroatoms. The van der Waals surface area contributed by atoms with Gasteiger partial charge < -0.3 is 0 Å². The molecule has 0 radical (unpaired) electrons. The van der Waals surface area contributed by atoms with Crippen LogP contribution in [0.1, 0.15) is 22.8 Å². The molecule has 0 aliphatic heterocycles. The first-order valence-electron chi connectivity index (χ1n) is 4.58. The van der Waals surface area contributed by atoms with Gasteiger partial charge in [0.2, 0.25) is 5.91 Å². The maximum Gasteiger partial charge on any atom is 0.260 e. The highest BCUT2D eigenvalue weighted by atomic mass is 16.2. The summed E-state index contributed by atoms with van der Waals surface area (Å²) in [5.74, 6) is -0.586. The molecule has 0 aliphatic rings. The molecule has 0 bridgehead atoms. The van der Waals surface area contributed by atoms with Crippen molar-refractivity contribution >= 4 is 17.9 Å². The van der Waals surface area contributed by atoms with Crippen LogP contribution in [0.15, 0.2) is 30.8 Å². The van der Waals surface area contributed by atoms with Gasteiger partial charge in [0.25, 0.3) is 5.91 Å². The maximum absolute atomic E-state index is 11.8. The maximum atomic E-state index is 11.8. The third-order valence-corrected chi connectivity index (χ3v) is 2.19. The summed E-state index contributed by atoms with van der Waals surface area (Å²) in [7, 11) is 1.46. The highest BCUT2D eigenvalue weighted by Crippen LogP contribution is 2.12.